The van der Waals surface area contributed by atoms with E-state index in [-0.39, 0.29) is 5.38 Å². The third-order valence-electron chi connectivity index (χ3n) is 2.64. The molecule has 1 unspecified atom stereocenters. The van der Waals surface area contributed by atoms with Crippen LogP contribution in [0.2, 0.25) is 0 Å². The number of halogens is 1. The number of alkyl halides is 1. The average Bonchev–Trinajstić information content (AvgIpc) is 2.98. The summed E-state index contributed by atoms with van der Waals surface area (Å²) in [4.78, 5) is 12.5. The van der Waals surface area contributed by atoms with Crippen molar-refractivity contribution in [3.8, 4) is 0 Å². The third-order valence-corrected chi connectivity index (χ3v) is 2.84. The van der Waals surface area contributed by atoms with E-state index >= 15 is 0 Å². The van der Waals surface area contributed by atoms with E-state index in [0.29, 0.717) is 12.4 Å². The first-order chi connectivity index (χ1) is 8.75. The Hall–Kier alpha value is -1.95. The lowest BCUT2D eigenvalue weighted by Gasteiger charge is -2.07. The Labute approximate surface area is 108 Å². The topological polar surface area (TPSA) is 69.6 Å². The van der Waals surface area contributed by atoms with Gasteiger partial charge < -0.3 is 9.09 Å². The van der Waals surface area contributed by atoms with E-state index in [1.54, 1.807) is 12.4 Å². The summed E-state index contributed by atoms with van der Waals surface area (Å²) in [7, 11) is 0. The second-order valence-corrected chi connectivity index (χ2v) is 4.54. The van der Waals surface area contributed by atoms with Gasteiger partial charge in [0.1, 0.15) is 11.3 Å². The highest BCUT2D eigenvalue weighted by molar-refractivity contribution is 6.20. The number of aromatic nitrogens is 5. The molecule has 0 N–H and O–H groups in total. The number of pyridine rings is 1. The molecule has 3 heterocycles. The lowest BCUT2D eigenvalue weighted by molar-refractivity contribution is 0.408. The number of fused-ring (bicyclic) bond motifs is 1. The molecule has 0 aliphatic rings. The first-order valence-corrected chi connectivity index (χ1v) is 5.89. The second-order valence-electron chi connectivity index (χ2n) is 3.88. The maximum atomic E-state index is 6.15. The van der Waals surface area contributed by atoms with Gasteiger partial charge in [0, 0.05) is 6.20 Å². The van der Waals surface area contributed by atoms with Crippen LogP contribution in [0, 0.1) is 0 Å². The summed E-state index contributed by atoms with van der Waals surface area (Å²) in [5.41, 5.74) is 1.76. The minimum Gasteiger partial charge on any atom is -0.343 e. The van der Waals surface area contributed by atoms with Crippen LogP contribution < -0.4 is 0 Å². The summed E-state index contributed by atoms with van der Waals surface area (Å²) in [5.74, 6) is 1.36. The molecule has 0 bridgehead atoms. The summed E-state index contributed by atoms with van der Waals surface area (Å²) in [6.07, 6.45) is 4.74. The van der Waals surface area contributed by atoms with Crippen molar-refractivity contribution in [1.82, 2.24) is 24.7 Å². The van der Waals surface area contributed by atoms with Crippen LogP contribution >= 0.6 is 11.6 Å². The van der Waals surface area contributed by atoms with E-state index in [0.717, 1.165) is 16.9 Å². The van der Waals surface area contributed by atoms with Crippen molar-refractivity contribution in [2.45, 2.75) is 18.8 Å². The van der Waals surface area contributed by atoms with Crippen LogP contribution in [0.4, 0.5) is 0 Å². The van der Waals surface area contributed by atoms with Gasteiger partial charge in [0.25, 0.3) is 0 Å². The molecule has 3 aromatic rings. The molecule has 0 aromatic carbocycles. The summed E-state index contributed by atoms with van der Waals surface area (Å²) >= 11 is 6.15. The van der Waals surface area contributed by atoms with Crippen molar-refractivity contribution in [3.05, 3.63) is 36.5 Å². The van der Waals surface area contributed by atoms with Gasteiger partial charge in [-0.05, 0) is 13.0 Å². The summed E-state index contributed by atoms with van der Waals surface area (Å²) < 4.78 is 6.71. The number of imidazole rings is 1. The summed E-state index contributed by atoms with van der Waals surface area (Å²) in [5, 5.41) is 3.60. The minimum atomic E-state index is -0.204. The van der Waals surface area contributed by atoms with Crippen molar-refractivity contribution in [1.29, 1.82) is 0 Å². The fraction of sp³-hybridized carbons (Fsp3) is 0.273. The first-order valence-electron chi connectivity index (χ1n) is 5.45. The molecule has 0 amide bonds. The Bertz CT molecular complexity index is 661. The van der Waals surface area contributed by atoms with Crippen molar-refractivity contribution in [3.63, 3.8) is 0 Å². The smallest absolute Gasteiger partial charge is 0.213 e. The molecule has 0 radical (unpaired) electrons. The highest BCUT2D eigenvalue weighted by Crippen LogP contribution is 2.24. The van der Waals surface area contributed by atoms with Crippen LogP contribution in [-0.2, 0) is 6.54 Å². The van der Waals surface area contributed by atoms with Gasteiger partial charge in [0.05, 0.1) is 23.6 Å². The van der Waals surface area contributed by atoms with Gasteiger partial charge in [-0.3, -0.25) is 4.98 Å². The Balaban J connectivity index is 2.15. The molecule has 0 spiro atoms. The molecule has 18 heavy (non-hydrogen) atoms. The monoisotopic (exact) mass is 263 g/mol. The molecule has 3 aromatic heterocycles. The van der Waals surface area contributed by atoms with Crippen molar-refractivity contribution in [2.75, 3.05) is 0 Å². The maximum absolute atomic E-state index is 6.15. The van der Waals surface area contributed by atoms with Crippen molar-refractivity contribution < 1.29 is 4.52 Å². The Morgan fingerprint density at radius 2 is 2.39 bits per heavy atom. The maximum Gasteiger partial charge on any atom is 0.213 e. The van der Waals surface area contributed by atoms with Gasteiger partial charge in [0.15, 0.2) is 5.82 Å². The van der Waals surface area contributed by atoms with Gasteiger partial charge in [-0.25, -0.2) is 4.98 Å². The van der Waals surface area contributed by atoms with Crippen LogP contribution in [-0.4, -0.2) is 24.7 Å². The second kappa shape index (κ2) is 4.38. The summed E-state index contributed by atoms with van der Waals surface area (Å²) in [6, 6.07) is 1.89. The first kappa shape index (κ1) is 11.2. The molecule has 0 aliphatic carbocycles. The zero-order chi connectivity index (χ0) is 12.5. The number of hydrogen-bond donors (Lipinski definition) is 0. The normalized spacial score (nSPS) is 13.0. The molecule has 0 aliphatic heterocycles. The molecular weight excluding hydrogens is 254 g/mol. The van der Waals surface area contributed by atoms with Crippen molar-refractivity contribution in [2.24, 2.45) is 0 Å². The lowest BCUT2D eigenvalue weighted by Crippen LogP contribution is -2.06. The molecule has 92 valence electrons. The highest BCUT2D eigenvalue weighted by atomic mass is 35.5. The molecule has 7 heteroatoms. The molecule has 1 atom stereocenters. The van der Waals surface area contributed by atoms with E-state index < -0.39 is 0 Å². The van der Waals surface area contributed by atoms with Crippen LogP contribution in [0.25, 0.3) is 11.0 Å². The largest absolute Gasteiger partial charge is 0.343 e. The SMILES string of the molecule is CC(Cl)c1nc2cnccc2n1Cc1ncon1. The van der Waals surface area contributed by atoms with Gasteiger partial charge in [0.2, 0.25) is 6.39 Å². The van der Waals surface area contributed by atoms with Gasteiger partial charge in [-0.2, -0.15) is 4.98 Å². The van der Waals surface area contributed by atoms with Gasteiger partial charge in [-0.1, -0.05) is 5.16 Å². The number of nitrogens with zero attached hydrogens (tertiary/aromatic N) is 5. The minimum absolute atomic E-state index is 0.204. The van der Waals surface area contributed by atoms with E-state index in [1.165, 1.54) is 6.39 Å². The van der Waals surface area contributed by atoms with E-state index in [1.807, 2.05) is 17.6 Å². The lowest BCUT2D eigenvalue weighted by atomic mass is 10.4. The average molecular weight is 264 g/mol. The third kappa shape index (κ3) is 1.84. The predicted octanol–water partition coefficient (Wildman–Crippen LogP) is 2.16. The standard InChI is InChI=1S/C11H10ClN5O/c1-7(12)11-15-8-4-13-3-2-9(8)17(11)5-10-14-6-18-16-10/h2-4,6-7H,5H2,1H3. The highest BCUT2D eigenvalue weighted by Gasteiger charge is 2.16. The van der Waals surface area contributed by atoms with Crippen LogP contribution in [0.1, 0.15) is 23.9 Å². The number of rotatable bonds is 3. The Kier molecular flexibility index (Phi) is 2.71. The summed E-state index contributed by atoms with van der Waals surface area (Å²) in [6.45, 7) is 2.35. The Morgan fingerprint density at radius 1 is 1.50 bits per heavy atom. The molecule has 0 fully saturated rings. The molecule has 0 saturated heterocycles. The number of hydrogen-bond acceptors (Lipinski definition) is 5. The van der Waals surface area contributed by atoms with Crippen molar-refractivity contribution >= 4 is 22.6 Å². The molecule has 6 nitrogen and oxygen atoms in total. The van der Waals surface area contributed by atoms with Crippen LogP contribution in [0.3, 0.4) is 0 Å². The van der Waals surface area contributed by atoms with Crippen LogP contribution in [0.15, 0.2) is 29.4 Å². The predicted molar refractivity (Wildman–Crippen MR) is 65.2 cm³/mol. The Morgan fingerprint density at radius 3 is 3.11 bits per heavy atom. The molecule has 0 saturated carbocycles. The quantitative estimate of drug-likeness (QED) is 0.677. The van der Waals surface area contributed by atoms with E-state index in [9.17, 15) is 0 Å². The van der Waals surface area contributed by atoms with Gasteiger partial charge >= 0.3 is 0 Å². The zero-order valence-electron chi connectivity index (χ0n) is 9.62. The fourth-order valence-corrected chi connectivity index (χ4v) is 2.04. The molecule has 3 rings (SSSR count). The zero-order valence-corrected chi connectivity index (χ0v) is 10.4. The van der Waals surface area contributed by atoms with E-state index in [4.69, 9.17) is 16.1 Å². The molecular formula is C11H10ClN5O. The van der Waals surface area contributed by atoms with Gasteiger partial charge in [-0.15, -0.1) is 11.6 Å². The van der Waals surface area contributed by atoms with Crippen LogP contribution in [0.5, 0.6) is 0 Å². The fourth-order valence-electron chi connectivity index (χ4n) is 1.87. The van der Waals surface area contributed by atoms with E-state index in [2.05, 4.69) is 20.1 Å².